The van der Waals surface area contributed by atoms with E-state index in [1.807, 2.05) is 0 Å². The van der Waals surface area contributed by atoms with Crippen LogP contribution in [0.25, 0.3) is 0 Å². The summed E-state index contributed by atoms with van der Waals surface area (Å²) in [6.45, 7) is 0.836. The number of nitrogens with zero attached hydrogens (tertiary/aromatic N) is 1. The molecule has 1 aromatic carbocycles. The molecule has 5 heteroatoms. The number of hydrogen-bond donors (Lipinski definition) is 2. The van der Waals surface area contributed by atoms with Crippen molar-refractivity contribution in [1.29, 1.82) is 0 Å². The molecular formula is C14H19FN2O2. The number of carbonyl (C=O) groups excluding carboxylic acids is 1. The van der Waals surface area contributed by atoms with Gasteiger partial charge in [-0.25, -0.2) is 4.39 Å². The monoisotopic (exact) mass is 266 g/mol. The Hall–Kier alpha value is -1.62. The molecule has 0 spiro atoms. The average molecular weight is 266 g/mol. The van der Waals surface area contributed by atoms with Crippen LogP contribution in [-0.4, -0.2) is 35.1 Å². The molecule has 0 aliphatic carbocycles. The molecule has 1 aliphatic heterocycles. The molecule has 3 N–H and O–H groups in total. The van der Waals surface area contributed by atoms with Crippen LogP contribution in [0, 0.1) is 5.82 Å². The number of aliphatic hydroxyl groups is 1. The van der Waals surface area contributed by atoms with Gasteiger partial charge in [0, 0.05) is 24.9 Å². The highest BCUT2D eigenvalue weighted by atomic mass is 19.1. The first-order chi connectivity index (χ1) is 9.13. The maximum Gasteiger partial charge on any atom is 0.256 e. The van der Waals surface area contributed by atoms with Gasteiger partial charge in [0.1, 0.15) is 5.82 Å². The third-order valence-electron chi connectivity index (χ3n) is 3.58. The van der Waals surface area contributed by atoms with Crippen molar-refractivity contribution in [2.75, 3.05) is 18.9 Å². The van der Waals surface area contributed by atoms with Gasteiger partial charge >= 0.3 is 0 Å². The number of anilines is 1. The Balaban J connectivity index is 2.13. The lowest BCUT2D eigenvalue weighted by atomic mass is 10.1. The SMILES string of the molecule is Nc1cc(F)ccc1C(=O)N1CCCC1CCCO. The zero-order chi connectivity index (χ0) is 13.8. The van der Waals surface area contributed by atoms with Crippen LogP contribution >= 0.6 is 0 Å². The number of rotatable bonds is 4. The molecule has 1 saturated heterocycles. The molecule has 0 bridgehead atoms. The number of hydrogen-bond acceptors (Lipinski definition) is 3. The number of aliphatic hydroxyl groups excluding tert-OH is 1. The van der Waals surface area contributed by atoms with Crippen molar-refractivity contribution in [2.45, 2.75) is 31.7 Å². The lowest BCUT2D eigenvalue weighted by Gasteiger charge is -2.25. The normalized spacial score (nSPS) is 18.8. The quantitative estimate of drug-likeness (QED) is 0.816. The maximum absolute atomic E-state index is 13.0. The predicted molar refractivity (Wildman–Crippen MR) is 71.2 cm³/mol. The van der Waals surface area contributed by atoms with E-state index in [4.69, 9.17) is 10.8 Å². The van der Waals surface area contributed by atoms with Crippen molar-refractivity contribution in [2.24, 2.45) is 0 Å². The molecule has 0 radical (unpaired) electrons. The van der Waals surface area contributed by atoms with Crippen LogP contribution in [0.1, 0.15) is 36.0 Å². The highest BCUT2D eigenvalue weighted by Crippen LogP contribution is 2.25. The van der Waals surface area contributed by atoms with Crippen LogP contribution < -0.4 is 5.73 Å². The molecule has 0 saturated carbocycles. The fourth-order valence-corrected chi connectivity index (χ4v) is 2.61. The van der Waals surface area contributed by atoms with E-state index in [1.54, 1.807) is 4.90 Å². The Labute approximate surface area is 112 Å². The van der Waals surface area contributed by atoms with Crippen LogP contribution in [-0.2, 0) is 0 Å². The number of nitrogen functional groups attached to an aromatic ring is 1. The molecule has 0 aromatic heterocycles. The predicted octanol–water partition coefficient (Wildman–Crippen LogP) is 1.79. The highest BCUT2D eigenvalue weighted by Gasteiger charge is 2.29. The second kappa shape index (κ2) is 6.02. The van der Waals surface area contributed by atoms with Gasteiger partial charge in [0.15, 0.2) is 0 Å². The fourth-order valence-electron chi connectivity index (χ4n) is 2.61. The van der Waals surface area contributed by atoms with E-state index in [1.165, 1.54) is 18.2 Å². The molecule has 1 aromatic rings. The standard InChI is InChI=1S/C14H19FN2O2/c15-10-5-6-12(13(16)9-10)14(19)17-7-1-3-11(17)4-2-8-18/h5-6,9,11,18H,1-4,7-8,16H2. The smallest absolute Gasteiger partial charge is 0.256 e. The summed E-state index contributed by atoms with van der Waals surface area (Å²) in [4.78, 5) is 14.2. The summed E-state index contributed by atoms with van der Waals surface area (Å²) in [6, 6.07) is 4.02. The first-order valence-corrected chi connectivity index (χ1v) is 6.60. The number of benzene rings is 1. The third-order valence-corrected chi connectivity index (χ3v) is 3.58. The minimum Gasteiger partial charge on any atom is -0.398 e. The zero-order valence-corrected chi connectivity index (χ0v) is 10.8. The van der Waals surface area contributed by atoms with Gasteiger partial charge < -0.3 is 15.7 Å². The minimum atomic E-state index is -0.438. The van der Waals surface area contributed by atoms with Crippen LogP contribution in [0.4, 0.5) is 10.1 Å². The van der Waals surface area contributed by atoms with Crippen LogP contribution in [0.15, 0.2) is 18.2 Å². The second-order valence-electron chi connectivity index (χ2n) is 4.89. The average Bonchev–Trinajstić information content (AvgIpc) is 2.83. The topological polar surface area (TPSA) is 66.6 Å². The number of nitrogens with two attached hydrogens (primary N) is 1. The Morgan fingerprint density at radius 2 is 2.32 bits per heavy atom. The van der Waals surface area contributed by atoms with Crippen molar-refractivity contribution in [3.8, 4) is 0 Å². The molecule has 4 nitrogen and oxygen atoms in total. The van der Waals surface area contributed by atoms with Gasteiger partial charge in [-0.3, -0.25) is 4.79 Å². The molecule has 1 unspecified atom stereocenters. The summed E-state index contributed by atoms with van der Waals surface area (Å²) in [5.74, 6) is -0.578. The van der Waals surface area contributed by atoms with E-state index in [9.17, 15) is 9.18 Å². The van der Waals surface area contributed by atoms with E-state index >= 15 is 0 Å². The number of carbonyl (C=O) groups is 1. The molecule has 2 rings (SSSR count). The summed E-state index contributed by atoms with van der Waals surface area (Å²) in [5.41, 5.74) is 6.25. The molecule has 104 valence electrons. The first kappa shape index (κ1) is 13.8. The Morgan fingerprint density at radius 1 is 1.53 bits per heavy atom. The largest absolute Gasteiger partial charge is 0.398 e. The minimum absolute atomic E-state index is 0.136. The van der Waals surface area contributed by atoms with Crippen LogP contribution in [0.5, 0.6) is 0 Å². The third kappa shape index (κ3) is 3.04. The van der Waals surface area contributed by atoms with Gasteiger partial charge in [-0.1, -0.05) is 0 Å². The summed E-state index contributed by atoms with van der Waals surface area (Å²) in [6.07, 6.45) is 3.40. The molecule has 1 aliphatic rings. The number of amides is 1. The van der Waals surface area contributed by atoms with Gasteiger partial charge in [0.05, 0.1) is 5.56 Å². The van der Waals surface area contributed by atoms with E-state index in [2.05, 4.69) is 0 Å². The molecule has 19 heavy (non-hydrogen) atoms. The number of likely N-dealkylation sites (tertiary alicyclic amines) is 1. The molecular weight excluding hydrogens is 247 g/mol. The van der Waals surface area contributed by atoms with Gasteiger partial charge in [-0.2, -0.15) is 0 Å². The van der Waals surface area contributed by atoms with Gasteiger partial charge in [-0.15, -0.1) is 0 Å². The fraction of sp³-hybridized carbons (Fsp3) is 0.500. The summed E-state index contributed by atoms with van der Waals surface area (Å²) < 4.78 is 13.0. The molecule has 1 atom stereocenters. The lowest BCUT2D eigenvalue weighted by Crippen LogP contribution is -2.36. The van der Waals surface area contributed by atoms with Crippen molar-refractivity contribution in [1.82, 2.24) is 4.90 Å². The zero-order valence-electron chi connectivity index (χ0n) is 10.8. The Kier molecular flexibility index (Phi) is 4.37. The van der Waals surface area contributed by atoms with Crippen molar-refractivity contribution >= 4 is 11.6 Å². The second-order valence-corrected chi connectivity index (χ2v) is 4.89. The summed E-state index contributed by atoms with van der Waals surface area (Å²) >= 11 is 0. The van der Waals surface area contributed by atoms with Crippen LogP contribution in [0.3, 0.4) is 0 Å². The molecule has 1 fully saturated rings. The van der Waals surface area contributed by atoms with Crippen molar-refractivity contribution in [3.63, 3.8) is 0 Å². The molecule has 1 heterocycles. The molecule has 1 amide bonds. The van der Waals surface area contributed by atoms with Gasteiger partial charge in [0.25, 0.3) is 5.91 Å². The Morgan fingerprint density at radius 3 is 3.00 bits per heavy atom. The van der Waals surface area contributed by atoms with Gasteiger partial charge in [0.2, 0.25) is 0 Å². The van der Waals surface area contributed by atoms with E-state index < -0.39 is 5.82 Å². The Bertz CT molecular complexity index is 465. The van der Waals surface area contributed by atoms with E-state index in [-0.39, 0.29) is 24.2 Å². The summed E-state index contributed by atoms with van der Waals surface area (Å²) in [7, 11) is 0. The maximum atomic E-state index is 13.0. The first-order valence-electron chi connectivity index (χ1n) is 6.60. The highest BCUT2D eigenvalue weighted by molar-refractivity contribution is 5.99. The van der Waals surface area contributed by atoms with Gasteiger partial charge in [-0.05, 0) is 43.9 Å². The van der Waals surface area contributed by atoms with E-state index in [0.29, 0.717) is 18.5 Å². The lowest BCUT2D eigenvalue weighted by molar-refractivity contribution is 0.0725. The van der Waals surface area contributed by atoms with Crippen LogP contribution in [0.2, 0.25) is 0 Å². The van der Waals surface area contributed by atoms with Crippen molar-refractivity contribution < 1.29 is 14.3 Å². The summed E-state index contributed by atoms with van der Waals surface area (Å²) in [5, 5.41) is 8.88. The van der Waals surface area contributed by atoms with E-state index in [0.717, 1.165) is 19.3 Å². The number of halogens is 1. The van der Waals surface area contributed by atoms with Crippen molar-refractivity contribution in [3.05, 3.63) is 29.6 Å².